The van der Waals surface area contributed by atoms with Crippen LogP contribution in [-0.2, 0) is 11.3 Å². The third-order valence-corrected chi connectivity index (χ3v) is 5.67. The van der Waals surface area contributed by atoms with Gasteiger partial charge in [-0.2, -0.15) is 9.37 Å². The molecule has 0 atom stereocenters. The fourth-order valence-corrected chi connectivity index (χ4v) is 4.00. The van der Waals surface area contributed by atoms with Crippen LogP contribution in [0, 0.1) is 11.6 Å². The lowest BCUT2D eigenvalue weighted by Gasteiger charge is -2.13. The van der Waals surface area contributed by atoms with Crippen LogP contribution in [-0.4, -0.2) is 32.6 Å². The van der Waals surface area contributed by atoms with Crippen molar-refractivity contribution in [2.45, 2.75) is 13.5 Å². The molecule has 0 bridgehead atoms. The molecule has 0 N–H and O–H groups in total. The van der Waals surface area contributed by atoms with Crippen molar-refractivity contribution in [2.75, 3.05) is 6.61 Å². The Morgan fingerprint density at radius 3 is 2.62 bits per heavy atom. The number of imide groups is 1. The maximum absolute atomic E-state index is 14.0. The highest BCUT2D eigenvalue weighted by atomic mass is 35.5. The Kier molecular flexibility index (Phi) is 7.09. The lowest BCUT2D eigenvalue weighted by atomic mass is 10.1. The van der Waals surface area contributed by atoms with Gasteiger partial charge in [0.1, 0.15) is 5.82 Å². The van der Waals surface area contributed by atoms with Gasteiger partial charge in [0, 0.05) is 0 Å². The second kappa shape index (κ2) is 10.2. The van der Waals surface area contributed by atoms with Crippen molar-refractivity contribution in [1.29, 1.82) is 0 Å². The second-order valence-corrected chi connectivity index (χ2v) is 8.26. The summed E-state index contributed by atoms with van der Waals surface area (Å²) < 4.78 is 38.2. The van der Waals surface area contributed by atoms with E-state index in [0.717, 1.165) is 22.9 Å². The van der Waals surface area contributed by atoms with Gasteiger partial charge < -0.3 is 9.47 Å². The minimum atomic E-state index is -0.800. The molecule has 2 amide bonds. The van der Waals surface area contributed by atoms with E-state index >= 15 is 0 Å². The molecule has 0 radical (unpaired) electrons. The van der Waals surface area contributed by atoms with Crippen LogP contribution >= 0.6 is 23.4 Å². The van der Waals surface area contributed by atoms with Crippen LogP contribution in [0.5, 0.6) is 17.4 Å². The van der Waals surface area contributed by atoms with Crippen LogP contribution in [0.25, 0.3) is 6.08 Å². The van der Waals surface area contributed by atoms with Crippen molar-refractivity contribution in [3.05, 3.63) is 81.6 Å². The maximum atomic E-state index is 14.0. The third-order valence-electron chi connectivity index (χ3n) is 4.58. The summed E-state index contributed by atoms with van der Waals surface area (Å²) in [5.74, 6) is -1.58. The third kappa shape index (κ3) is 5.35. The zero-order valence-corrected chi connectivity index (χ0v) is 19.2. The highest BCUT2D eigenvalue weighted by Crippen LogP contribution is 2.37. The molecule has 11 heteroatoms. The topological polar surface area (TPSA) is 81.6 Å². The van der Waals surface area contributed by atoms with Crippen LogP contribution < -0.4 is 9.47 Å². The Morgan fingerprint density at radius 2 is 1.88 bits per heavy atom. The predicted octanol–water partition coefficient (Wildman–Crippen LogP) is 5.84. The fourth-order valence-electron chi connectivity index (χ4n) is 3.03. The summed E-state index contributed by atoms with van der Waals surface area (Å²) >= 11 is 6.51. The molecule has 4 rings (SSSR count). The van der Waals surface area contributed by atoms with E-state index in [-0.39, 0.29) is 34.1 Å². The van der Waals surface area contributed by atoms with Crippen molar-refractivity contribution >= 4 is 40.6 Å². The molecule has 0 spiro atoms. The van der Waals surface area contributed by atoms with Gasteiger partial charge in [-0.1, -0.05) is 18.2 Å². The molecule has 34 heavy (non-hydrogen) atoms. The molecular weight excluding hydrogens is 488 g/mol. The first kappa shape index (κ1) is 23.7. The molecular formula is C23H16ClF2N3O4S. The normalized spacial score (nSPS) is 14.7. The van der Waals surface area contributed by atoms with Gasteiger partial charge in [0.2, 0.25) is 11.1 Å². The van der Waals surface area contributed by atoms with E-state index in [1.807, 2.05) is 0 Å². The highest BCUT2D eigenvalue weighted by molar-refractivity contribution is 8.18. The monoisotopic (exact) mass is 503 g/mol. The Bertz CT molecular complexity index is 1290. The number of carbonyl (C=O) groups excluding carboxylic acids is 2. The predicted molar refractivity (Wildman–Crippen MR) is 123 cm³/mol. The van der Waals surface area contributed by atoms with E-state index in [1.54, 1.807) is 25.1 Å². The molecule has 0 unspecified atom stereocenters. The lowest BCUT2D eigenvalue weighted by molar-refractivity contribution is -0.123. The quantitative estimate of drug-likeness (QED) is 0.296. The van der Waals surface area contributed by atoms with Gasteiger partial charge in [-0.25, -0.2) is 9.37 Å². The molecule has 1 fully saturated rings. The summed E-state index contributed by atoms with van der Waals surface area (Å²) in [7, 11) is 0. The number of amides is 2. The summed E-state index contributed by atoms with van der Waals surface area (Å²) in [5.41, 5.74) is 1.19. The van der Waals surface area contributed by atoms with Gasteiger partial charge in [0.25, 0.3) is 17.0 Å². The van der Waals surface area contributed by atoms with Crippen molar-refractivity contribution in [1.82, 2.24) is 14.9 Å². The largest absolute Gasteiger partial charge is 0.490 e. The Balaban J connectivity index is 1.56. The highest BCUT2D eigenvalue weighted by Gasteiger charge is 2.35. The summed E-state index contributed by atoms with van der Waals surface area (Å²) in [6.45, 7) is 2.09. The number of ether oxygens (including phenoxy) is 2. The molecule has 1 aromatic heterocycles. The lowest BCUT2D eigenvalue weighted by Crippen LogP contribution is -2.27. The molecule has 0 saturated carbocycles. The number of thioether (sulfide) groups is 1. The zero-order chi connectivity index (χ0) is 24.2. The van der Waals surface area contributed by atoms with Crippen LogP contribution in [0.15, 0.2) is 53.6 Å². The number of rotatable bonds is 7. The number of hydrogen-bond donors (Lipinski definition) is 0. The number of carbonyl (C=O) groups is 2. The minimum absolute atomic E-state index is 0.0340. The molecule has 1 saturated heterocycles. The zero-order valence-electron chi connectivity index (χ0n) is 17.6. The number of halogens is 3. The number of nitrogens with zero attached hydrogens (tertiary/aromatic N) is 3. The average molecular weight is 504 g/mol. The first-order valence-corrected chi connectivity index (χ1v) is 11.2. The van der Waals surface area contributed by atoms with Gasteiger partial charge >= 0.3 is 0 Å². The Morgan fingerprint density at radius 1 is 1.12 bits per heavy atom. The van der Waals surface area contributed by atoms with E-state index in [9.17, 15) is 18.4 Å². The fraction of sp³-hybridized carbons (Fsp3) is 0.130. The standard InChI is InChI=1S/C23H16ClF2N3O4S/c1-2-32-18-9-14(5-8-17(18)33-20-16(26)11-27-22(24)28-20)10-19-21(30)29(23(31)34-19)12-13-3-6-15(25)7-4-13/h3-11H,2,12H2,1H3/b19-10+. The van der Waals surface area contributed by atoms with E-state index in [0.29, 0.717) is 17.7 Å². The van der Waals surface area contributed by atoms with Gasteiger partial charge in [0.05, 0.1) is 24.3 Å². The molecule has 2 heterocycles. The summed E-state index contributed by atoms with van der Waals surface area (Å²) in [6, 6.07) is 10.3. The smallest absolute Gasteiger partial charge is 0.293 e. The molecule has 0 aliphatic carbocycles. The minimum Gasteiger partial charge on any atom is -0.490 e. The van der Waals surface area contributed by atoms with Crippen molar-refractivity contribution < 1.29 is 27.8 Å². The Labute approximate surface area is 202 Å². The summed E-state index contributed by atoms with van der Waals surface area (Å²) in [5, 5.41) is -0.607. The van der Waals surface area contributed by atoms with Crippen molar-refractivity contribution in [3.8, 4) is 17.4 Å². The van der Waals surface area contributed by atoms with E-state index in [1.165, 1.54) is 30.3 Å². The van der Waals surface area contributed by atoms with Crippen LogP contribution in [0.1, 0.15) is 18.1 Å². The molecule has 1 aliphatic heterocycles. The van der Waals surface area contributed by atoms with Gasteiger partial charge in [-0.15, -0.1) is 0 Å². The van der Waals surface area contributed by atoms with Crippen LogP contribution in [0.2, 0.25) is 5.28 Å². The second-order valence-electron chi connectivity index (χ2n) is 6.93. The molecule has 2 aromatic carbocycles. The first-order chi connectivity index (χ1) is 16.3. The molecule has 174 valence electrons. The molecule has 7 nitrogen and oxygen atoms in total. The van der Waals surface area contributed by atoms with E-state index < -0.39 is 22.8 Å². The Hall–Kier alpha value is -3.50. The van der Waals surface area contributed by atoms with Gasteiger partial charge in [-0.05, 0) is 71.8 Å². The SMILES string of the molecule is CCOc1cc(/C=C2/SC(=O)N(Cc3ccc(F)cc3)C2=O)ccc1Oc1nc(Cl)ncc1F. The van der Waals surface area contributed by atoms with Crippen molar-refractivity contribution in [3.63, 3.8) is 0 Å². The number of benzene rings is 2. The summed E-state index contributed by atoms with van der Waals surface area (Å²) in [6.07, 6.45) is 2.44. The van der Waals surface area contributed by atoms with Crippen molar-refractivity contribution in [2.24, 2.45) is 0 Å². The van der Waals surface area contributed by atoms with Crippen LogP contribution in [0.4, 0.5) is 13.6 Å². The maximum Gasteiger partial charge on any atom is 0.293 e. The average Bonchev–Trinajstić information content (AvgIpc) is 3.07. The van der Waals surface area contributed by atoms with E-state index in [4.69, 9.17) is 21.1 Å². The number of hydrogen-bond acceptors (Lipinski definition) is 7. The van der Waals surface area contributed by atoms with E-state index in [2.05, 4.69) is 9.97 Å². The summed E-state index contributed by atoms with van der Waals surface area (Å²) in [4.78, 5) is 33.8. The molecule has 3 aromatic rings. The number of aromatic nitrogens is 2. The molecule has 1 aliphatic rings. The van der Waals surface area contributed by atoms with Gasteiger partial charge in [0.15, 0.2) is 11.5 Å². The first-order valence-electron chi connectivity index (χ1n) is 9.96. The van der Waals surface area contributed by atoms with Gasteiger partial charge in [-0.3, -0.25) is 14.5 Å². The van der Waals surface area contributed by atoms with Crippen LogP contribution in [0.3, 0.4) is 0 Å².